The molecule has 0 aliphatic rings. The highest BCUT2D eigenvalue weighted by Crippen LogP contribution is 2.29. The average molecular weight is 278 g/mol. The van der Waals surface area contributed by atoms with Gasteiger partial charge in [-0.15, -0.1) is 0 Å². The van der Waals surface area contributed by atoms with Gasteiger partial charge < -0.3 is 10.1 Å². The molecule has 1 atom stereocenters. The minimum absolute atomic E-state index is 0.222. The zero-order valence-electron chi connectivity index (χ0n) is 11.9. The first kappa shape index (κ1) is 14.5. The molecule has 1 aromatic heterocycles. The zero-order chi connectivity index (χ0) is 14.5. The molecule has 20 heavy (non-hydrogen) atoms. The lowest BCUT2D eigenvalue weighted by Crippen LogP contribution is -2.22. The summed E-state index contributed by atoms with van der Waals surface area (Å²) in [4.78, 5) is 4.23. The maximum absolute atomic E-state index is 14.1. The lowest BCUT2D eigenvalue weighted by atomic mass is 10.0. The van der Waals surface area contributed by atoms with E-state index in [1.54, 1.807) is 31.0 Å². The highest BCUT2D eigenvalue weighted by atomic mass is 19.1. The van der Waals surface area contributed by atoms with Gasteiger partial charge >= 0.3 is 0 Å². The fraction of sp³-hybridized carbons (Fsp3) is 0.429. The number of ether oxygens (including phenoxy) is 1. The standard InChI is InChI=1S/C14H19FN4O/c1-4-19-13(17-9-18-19)8-11(16-2)14-10(15)6-5-7-12(14)20-3/h5-7,9,11,16H,4,8H2,1-3H3. The maximum Gasteiger partial charge on any atom is 0.138 e. The van der Waals surface area contributed by atoms with Gasteiger partial charge in [0.2, 0.25) is 0 Å². The lowest BCUT2D eigenvalue weighted by molar-refractivity contribution is 0.391. The zero-order valence-corrected chi connectivity index (χ0v) is 11.9. The Morgan fingerprint density at radius 3 is 2.90 bits per heavy atom. The third-order valence-corrected chi connectivity index (χ3v) is 3.31. The molecule has 1 heterocycles. The number of hydrogen-bond donors (Lipinski definition) is 1. The number of nitrogens with one attached hydrogen (secondary N) is 1. The van der Waals surface area contributed by atoms with E-state index in [4.69, 9.17) is 4.74 Å². The van der Waals surface area contributed by atoms with E-state index in [0.29, 0.717) is 17.7 Å². The topological polar surface area (TPSA) is 52.0 Å². The normalized spacial score (nSPS) is 12.4. The summed E-state index contributed by atoms with van der Waals surface area (Å²) in [5, 5.41) is 7.26. The van der Waals surface area contributed by atoms with Crippen LogP contribution in [-0.2, 0) is 13.0 Å². The molecule has 1 aromatic carbocycles. The summed E-state index contributed by atoms with van der Waals surface area (Å²) in [6.07, 6.45) is 2.06. The monoisotopic (exact) mass is 278 g/mol. The Bertz CT molecular complexity index is 570. The van der Waals surface area contributed by atoms with Gasteiger partial charge in [-0.05, 0) is 26.1 Å². The van der Waals surface area contributed by atoms with Gasteiger partial charge in [-0.25, -0.2) is 9.37 Å². The van der Waals surface area contributed by atoms with E-state index in [0.717, 1.165) is 12.4 Å². The molecule has 0 radical (unpaired) electrons. The summed E-state index contributed by atoms with van der Waals surface area (Å²) < 4.78 is 21.2. The summed E-state index contributed by atoms with van der Waals surface area (Å²) in [6, 6.07) is 4.61. The number of rotatable bonds is 6. The molecule has 0 saturated carbocycles. The van der Waals surface area contributed by atoms with Gasteiger partial charge in [0.1, 0.15) is 23.7 Å². The Labute approximate surface area is 117 Å². The molecule has 1 N–H and O–H groups in total. The van der Waals surface area contributed by atoms with Crippen molar-refractivity contribution in [3.8, 4) is 5.75 Å². The second-order valence-electron chi connectivity index (χ2n) is 4.39. The van der Waals surface area contributed by atoms with Crippen molar-refractivity contribution in [1.29, 1.82) is 0 Å². The number of methoxy groups -OCH3 is 1. The van der Waals surface area contributed by atoms with Crippen molar-refractivity contribution in [2.45, 2.75) is 25.9 Å². The van der Waals surface area contributed by atoms with Crippen LogP contribution in [0.1, 0.15) is 24.4 Å². The van der Waals surface area contributed by atoms with Gasteiger partial charge in [0.05, 0.1) is 7.11 Å². The van der Waals surface area contributed by atoms with Crippen molar-refractivity contribution >= 4 is 0 Å². The Morgan fingerprint density at radius 1 is 1.45 bits per heavy atom. The van der Waals surface area contributed by atoms with Crippen molar-refractivity contribution in [2.24, 2.45) is 0 Å². The number of nitrogens with zero attached hydrogens (tertiary/aromatic N) is 3. The summed E-state index contributed by atoms with van der Waals surface area (Å²) >= 11 is 0. The number of aromatic nitrogens is 3. The van der Waals surface area contributed by atoms with Gasteiger partial charge in [0, 0.05) is 24.6 Å². The molecule has 0 aliphatic heterocycles. The fourth-order valence-electron chi connectivity index (χ4n) is 2.27. The van der Waals surface area contributed by atoms with E-state index in [1.165, 1.54) is 12.4 Å². The van der Waals surface area contributed by atoms with Gasteiger partial charge in [-0.2, -0.15) is 5.10 Å². The van der Waals surface area contributed by atoms with Crippen LogP contribution in [-0.4, -0.2) is 28.9 Å². The number of halogens is 1. The van der Waals surface area contributed by atoms with Crippen LogP contribution >= 0.6 is 0 Å². The molecule has 0 amide bonds. The highest BCUT2D eigenvalue weighted by Gasteiger charge is 2.21. The van der Waals surface area contributed by atoms with Crippen LogP contribution < -0.4 is 10.1 Å². The second kappa shape index (κ2) is 6.47. The molecule has 6 heteroatoms. The largest absolute Gasteiger partial charge is 0.496 e. The molecular formula is C14H19FN4O. The molecule has 2 rings (SSSR count). The van der Waals surface area contributed by atoms with E-state index < -0.39 is 0 Å². The van der Waals surface area contributed by atoms with Crippen molar-refractivity contribution < 1.29 is 9.13 Å². The van der Waals surface area contributed by atoms with E-state index in [9.17, 15) is 4.39 Å². The van der Waals surface area contributed by atoms with E-state index in [2.05, 4.69) is 15.4 Å². The third kappa shape index (κ3) is 2.80. The fourth-order valence-corrected chi connectivity index (χ4v) is 2.27. The van der Waals surface area contributed by atoms with Gasteiger partial charge in [0.15, 0.2) is 0 Å². The van der Waals surface area contributed by atoms with Gasteiger partial charge in [-0.1, -0.05) is 6.07 Å². The van der Waals surface area contributed by atoms with E-state index in [1.807, 2.05) is 6.92 Å². The van der Waals surface area contributed by atoms with Crippen LogP contribution in [0.15, 0.2) is 24.5 Å². The molecular weight excluding hydrogens is 259 g/mol. The van der Waals surface area contributed by atoms with Crippen molar-refractivity contribution in [3.63, 3.8) is 0 Å². The SMILES string of the molecule is CCn1ncnc1CC(NC)c1c(F)cccc1OC. The minimum atomic E-state index is -0.286. The Morgan fingerprint density at radius 2 is 2.25 bits per heavy atom. The van der Waals surface area contributed by atoms with Gasteiger partial charge in [-0.3, -0.25) is 4.68 Å². The lowest BCUT2D eigenvalue weighted by Gasteiger charge is -2.19. The average Bonchev–Trinajstić information content (AvgIpc) is 2.92. The van der Waals surface area contributed by atoms with Crippen molar-refractivity contribution in [3.05, 3.63) is 41.7 Å². The smallest absolute Gasteiger partial charge is 0.138 e. The number of aryl methyl sites for hydroxylation is 1. The highest BCUT2D eigenvalue weighted by molar-refractivity contribution is 5.37. The van der Waals surface area contributed by atoms with Crippen molar-refractivity contribution in [1.82, 2.24) is 20.1 Å². The molecule has 0 saturated heterocycles. The molecule has 2 aromatic rings. The molecule has 108 valence electrons. The van der Waals surface area contributed by atoms with Crippen molar-refractivity contribution in [2.75, 3.05) is 14.2 Å². The summed E-state index contributed by atoms with van der Waals surface area (Å²) in [5.41, 5.74) is 0.517. The predicted molar refractivity (Wildman–Crippen MR) is 74.2 cm³/mol. The molecule has 5 nitrogen and oxygen atoms in total. The molecule has 0 aliphatic carbocycles. The number of hydrogen-bond acceptors (Lipinski definition) is 4. The van der Waals surface area contributed by atoms with Crippen LogP contribution in [0.2, 0.25) is 0 Å². The van der Waals surface area contributed by atoms with E-state index >= 15 is 0 Å². The third-order valence-electron chi connectivity index (χ3n) is 3.31. The second-order valence-corrected chi connectivity index (χ2v) is 4.39. The Kier molecular flexibility index (Phi) is 4.68. The Hall–Kier alpha value is -1.95. The van der Waals surface area contributed by atoms with Crippen LogP contribution in [0.25, 0.3) is 0 Å². The minimum Gasteiger partial charge on any atom is -0.496 e. The van der Waals surface area contributed by atoms with Crippen LogP contribution in [0.4, 0.5) is 4.39 Å². The predicted octanol–water partition coefficient (Wildman–Crippen LogP) is 1.95. The van der Waals surface area contributed by atoms with Crippen LogP contribution in [0.3, 0.4) is 0 Å². The number of benzene rings is 1. The first-order valence-corrected chi connectivity index (χ1v) is 6.57. The summed E-state index contributed by atoms with van der Waals surface area (Å²) in [7, 11) is 3.34. The molecule has 0 fully saturated rings. The maximum atomic E-state index is 14.1. The van der Waals surface area contributed by atoms with Crippen LogP contribution in [0.5, 0.6) is 5.75 Å². The molecule has 1 unspecified atom stereocenters. The van der Waals surface area contributed by atoms with Gasteiger partial charge in [0.25, 0.3) is 0 Å². The summed E-state index contributed by atoms with van der Waals surface area (Å²) in [5.74, 6) is 1.07. The van der Waals surface area contributed by atoms with E-state index in [-0.39, 0.29) is 11.9 Å². The quantitative estimate of drug-likeness (QED) is 0.877. The Balaban J connectivity index is 2.33. The first-order valence-electron chi connectivity index (χ1n) is 6.57. The first-order chi connectivity index (χ1) is 9.71. The molecule has 0 spiro atoms. The molecule has 0 bridgehead atoms. The van der Waals surface area contributed by atoms with Crippen LogP contribution in [0, 0.1) is 5.82 Å². The number of likely N-dealkylation sites (N-methyl/N-ethyl adjacent to an activating group) is 1. The summed E-state index contributed by atoms with van der Waals surface area (Å²) in [6.45, 7) is 2.73.